The number of hydrogen-bond donors (Lipinski definition) is 0. The van der Waals surface area contributed by atoms with Crippen LogP contribution in [-0.2, 0) is 11.2 Å². The van der Waals surface area contributed by atoms with Gasteiger partial charge in [-0.1, -0.05) is 19.1 Å². The third kappa shape index (κ3) is 1.29. The van der Waals surface area contributed by atoms with Crippen molar-refractivity contribution in [3.05, 3.63) is 29.6 Å². The molecule has 0 aromatic heterocycles. The first-order valence-electron chi connectivity index (χ1n) is 4.81. The Hall–Kier alpha value is -1.38. The summed E-state index contributed by atoms with van der Waals surface area (Å²) in [6.45, 7) is 2.58. The minimum Gasteiger partial charge on any atom is -0.309 e. The van der Waals surface area contributed by atoms with Gasteiger partial charge in [-0.05, 0) is 18.1 Å². The summed E-state index contributed by atoms with van der Waals surface area (Å²) in [5, 5.41) is 0. The van der Waals surface area contributed by atoms with Crippen LogP contribution in [0.5, 0.6) is 0 Å². The number of amides is 1. The monoisotopic (exact) mass is 193 g/mol. The van der Waals surface area contributed by atoms with E-state index in [0.29, 0.717) is 18.7 Å². The zero-order chi connectivity index (χ0) is 10.1. The van der Waals surface area contributed by atoms with Crippen LogP contribution in [0.1, 0.15) is 18.9 Å². The number of rotatable bonds is 2. The first kappa shape index (κ1) is 9.19. The lowest BCUT2D eigenvalue weighted by Gasteiger charge is -2.16. The normalized spacial score (nSPS) is 14.7. The average Bonchev–Trinajstić information content (AvgIpc) is 2.45. The smallest absolute Gasteiger partial charge is 0.231 e. The number of hydrogen-bond acceptors (Lipinski definition) is 1. The lowest BCUT2D eigenvalue weighted by Crippen LogP contribution is -2.27. The number of carbonyl (C=O) groups is 1. The van der Waals surface area contributed by atoms with Crippen LogP contribution in [0.4, 0.5) is 10.1 Å². The second-order valence-corrected chi connectivity index (χ2v) is 3.47. The van der Waals surface area contributed by atoms with Crippen molar-refractivity contribution in [3.8, 4) is 0 Å². The number of fused-ring (bicyclic) bond motifs is 1. The van der Waals surface area contributed by atoms with Crippen LogP contribution >= 0.6 is 0 Å². The molecule has 14 heavy (non-hydrogen) atoms. The molecule has 0 fully saturated rings. The van der Waals surface area contributed by atoms with Crippen LogP contribution < -0.4 is 4.90 Å². The molecule has 2 rings (SSSR count). The summed E-state index contributed by atoms with van der Waals surface area (Å²) in [6, 6.07) is 4.86. The highest BCUT2D eigenvalue weighted by atomic mass is 19.1. The van der Waals surface area contributed by atoms with Crippen molar-refractivity contribution in [2.24, 2.45) is 0 Å². The lowest BCUT2D eigenvalue weighted by atomic mass is 10.1. The van der Waals surface area contributed by atoms with Gasteiger partial charge in [-0.2, -0.15) is 0 Å². The van der Waals surface area contributed by atoms with E-state index in [-0.39, 0.29) is 11.7 Å². The Morgan fingerprint density at radius 1 is 1.50 bits per heavy atom. The Balaban J connectivity index is 2.44. The Morgan fingerprint density at radius 2 is 2.29 bits per heavy atom. The third-order valence-electron chi connectivity index (χ3n) is 2.43. The van der Waals surface area contributed by atoms with Crippen LogP contribution in [0, 0.1) is 5.82 Å². The zero-order valence-electron chi connectivity index (χ0n) is 8.09. The fourth-order valence-corrected chi connectivity index (χ4v) is 1.85. The van der Waals surface area contributed by atoms with E-state index in [1.54, 1.807) is 11.0 Å². The van der Waals surface area contributed by atoms with E-state index >= 15 is 0 Å². The quantitative estimate of drug-likeness (QED) is 0.704. The first-order valence-corrected chi connectivity index (χ1v) is 4.81. The minimum atomic E-state index is -0.290. The van der Waals surface area contributed by atoms with Gasteiger partial charge in [0.15, 0.2) is 0 Å². The SMILES string of the molecule is CCCN1C(=O)Cc2cccc(F)c21. The molecule has 1 aliphatic rings. The number of carbonyl (C=O) groups excluding carboxylic acids is 1. The van der Waals surface area contributed by atoms with E-state index in [1.165, 1.54) is 6.07 Å². The van der Waals surface area contributed by atoms with Crippen LogP contribution in [0.25, 0.3) is 0 Å². The third-order valence-corrected chi connectivity index (χ3v) is 2.43. The lowest BCUT2D eigenvalue weighted by molar-refractivity contribution is -0.117. The van der Waals surface area contributed by atoms with Crippen molar-refractivity contribution >= 4 is 11.6 Å². The van der Waals surface area contributed by atoms with Gasteiger partial charge >= 0.3 is 0 Å². The zero-order valence-corrected chi connectivity index (χ0v) is 8.09. The number of nitrogens with zero attached hydrogens (tertiary/aromatic N) is 1. The van der Waals surface area contributed by atoms with Crippen LogP contribution in [0.2, 0.25) is 0 Å². The second-order valence-electron chi connectivity index (χ2n) is 3.47. The molecule has 1 aromatic rings. The van der Waals surface area contributed by atoms with Crippen molar-refractivity contribution in [1.29, 1.82) is 0 Å². The second kappa shape index (κ2) is 3.40. The number of benzene rings is 1. The molecule has 1 aliphatic heterocycles. The summed E-state index contributed by atoms with van der Waals surface area (Å²) in [4.78, 5) is 13.1. The Bertz CT molecular complexity index is 376. The van der Waals surface area contributed by atoms with Gasteiger partial charge in [0.25, 0.3) is 0 Å². The molecule has 2 nitrogen and oxygen atoms in total. The van der Waals surface area contributed by atoms with E-state index in [1.807, 2.05) is 13.0 Å². The van der Waals surface area contributed by atoms with Crippen molar-refractivity contribution in [2.45, 2.75) is 19.8 Å². The Kier molecular flexibility index (Phi) is 2.23. The van der Waals surface area contributed by atoms with Crippen LogP contribution in [-0.4, -0.2) is 12.5 Å². The van der Waals surface area contributed by atoms with E-state index < -0.39 is 0 Å². The number of anilines is 1. The predicted octanol–water partition coefficient (Wildman–Crippen LogP) is 2.12. The molecule has 0 N–H and O–H groups in total. The molecule has 1 amide bonds. The fourth-order valence-electron chi connectivity index (χ4n) is 1.85. The van der Waals surface area contributed by atoms with Gasteiger partial charge in [0.2, 0.25) is 5.91 Å². The molecule has 1 heterocycles. The van der Waals surface area contributed by atoms with Gasteiger partial charge in [-0.3, -0.25) is 4.79 Å². The topological polar surface area (TPSA) is 20.3 Å². The predicted molar refractivity (Wildman–Crippen MR) is 52.7 cm³/mol. The first-order chi connectivity index (χ1) is 6.74. The molecule has 74 valence electrons. The minimum absolute atomic E-state index is 0.00644. The van der Waals surface area contributed by atoms with Crippen molar-refractivity contribution in [2.75, 3.05) is 11.4 Å². The summed E-state index contributed by atoms with van der Waals surface area (Å²) in [7, 11) is 0. The van der Waals surface area contributed by atoms with Gasteiger partial charge in [0.1, 0.15) is 5.82 Å². The fraction of sp³-hybridized carbons (Fsp3) is 0.364. The highest BCUT2D eigenvalue weighted by molar-refractivity contribution is 6.01. The Labute approximate surface area is 82.3 Å². The molecule has 0 bridgehead atoms. The summed E-state index contributed by atoms with van der Waals surface area (Å²) in [5.41, 5.74) is 1.29. The van der Waals surface area contributed by atoms with Gasteiger partial charge in [0, 0.05) is 6.54 Å². The van der Waals surface area contributed by atoms with E-state index in [2.05, 4.69) is 0 Å². The highest BCUT2D eigenvalue weighted by Gasteiger charge is 2.28. The van der Waals surface area contributed by atoms with Gasteiger partial charge in [-0.25, -0.2) is 4.39 Å². The largest absolute Gasteiger partial charge is 0.309 e. The molecular weight excluding hydrogens is 181 g/mol. The van der Waals surface area contributed by atoms with Crippen molar-refractivity contribution in [3.63, 3.8) is 0 Å². The van der Waals surface area contributed by atoms with E-state index in [4.69, 9.17) is 0 Å². The summed E-state index contributed by atoms with van der Waals surface area (Å²) < 4.78 is 13.4. The standard InChI is InChI=1S/C11H12FNO/c1-2-6-13-10(14)7-8-4-3-5-9(12)11(8)13/h3-5H,2,6-7H2,1H3. The molecule has 0 spiro atoms. The Morgan fingerprint density at radius 3 is 3.00 bits per heavy atom. The molecule has 0 saturated carbocycles. The molecule has 3 heteroatoms. The maximum atomic E-state index is 13.4. The van der Waals surface area contributed by atoms with Crippen LogP contribution in [0.15, 0.2) is 18.2 Å². The summed E-state index contributed by atoms with van der Waals surface area (Å²) in [6.07, 6.45) is 1.19. The van der Waals surface area contributed by atoms with E-state index in [0.717, 1.165) is 12.0 Å². The molecule has 0 radical (unpaired) electrons. The van der Waals surface area contributed by atoms with Crippen LogP contribution in [0.3, 0.4) is 0 Å². The molecule has 0 atom stereocenters. The molecule has 0 saturated heterocycles. The maximum Gasteiger partial charge on any atom is 0.231 e. The number of halogens is 1. The van der Waals surface area contributed by atoms with Gasteiger partial charge < -0.3 is 4.90 Å². The summed E-state index contributed by atoms with van der Waals surface area (Å²) in [5.74, 6) is -0.284. The van der Waals surface area contributed by atoms with Gasteiger partial charge in [-0.15, -0.1) is 0 Å². The maximum absolute atomic E-state index is 13.4. The highest BCUT2D eigenvalue weighted by Crippen LogP contribution is 2.31. The molecular formula is C11H12FNO. The van der Waals surface area contributed by atoms with Gasteiger partial charge in [0.05, 0.1) is 12.1 Å². The van der Waals surface area contributed by atoms with E-state index in [9.17, 15) is 9.18 Å². The average molecular weight is 193 g/mol. The molecule has 0 aliphatic carbocycles. The molecule has 1 aromatic carbocycles. The van der Waals surface area contributed by atoms with Crippen molar-refractivity contribution < 1.29 is 9.18 Å². The van der Waals surface area contributed by atoms with Crippen molar-refractivity contribution in [1.82, 2.24) is 0 Å². The summed E-state index contributed by atoms with van der Waals surface area (Å²) >= 11 is 0. The molecule has 0 unspecified atom stereocenters. The number of para-hydroxylation sites is 1.